The first kappa shape index (κ1) is 13.7. The zero-order valence-electron chi connectivity index (χ0n) is 11.3. The summed E-state index contributed by atoms with van der Waals surface area (Å²) in [5.41, 5.74) is 1.80. The number of hydrogen-bond acceptors (Lipinski definition) is 1. The molecule has 0 saturated carbocycles. The standard InChI is InChI=1S/C16H17IN2O/c17-13-6-4-7-14(12-13)19-11-5-8-15(19)16(20)18-9-2-1-3-10-18/h4-8,11-12H,1-3,9-10H2. The average Bonchev–Trinajstić information content (AvgIpc) is 2.97. The number of likely N-dealkylation sites (tertiary alicyclic amines) is 1. The van der Waals surface area contributed by atoms with Crippen molar-refractivity contribution < 1.29 is 4.79 Å². The van der Waals surface area contributed by atoms with Gasteiger partial charge in [-0.05, 0) is 72.2 Å². The molecule has 1 aliphatic rings. The van der Waals surface area contributed by atoms with Gasteiger partial charge in [-0.25, -0.2) is 0 Å². The highest BCUT2D eigenvalue weighted by atomic mass is 127. The van der Waals surface area contributed by atoms with Crippen LogP contribution in [0, 0.1) is 3.57 Å². The molecular weight excluding hydrogens is 363 g/mol. The molecule has 4 heteroatoms. The number of aromatic nitrogens is 1. The van der Waals surface area contributed by atoms with Gasteiger partial charge in [0.15, 0.2) is 0 Å². The molecular formula is C16H17IN2O. The van der Waals surface area contributed by atoms with E-state index in [-0.39, 0.29) is 5.91 Å². The highest BCUT2D eigenvalue weighted by molar-refractivity contribution is 14.1. The fourth-order valence-corrected chi connectivity index (χ4v) is 3.19. The third-order valence-corrected chi connectivity index (χ3v) is 4.37. The summed E-state index contributed by atoms with van der Waals surface area (Å²) in [5.74, 6) is 0.147. The number of carbonyl (C=O) groups is 1. The van der Waals surface area contributed by atoms with Crippen LogP contribution in [-0.4, -0.2) is 28.5 Å². The van der Waals surface area contributed by atoms with Gasteiger partial charge in [-0.1, -0.05) is 6.07 Å². The molecule has 0 spiro atoms. The third kappa shape index (κ3) is 2.75. The van der Waals surface area contributed by atoms with E-state index in [0.717, 1.165) is 37.3 Å². The van der Waals surface area contributed by atoms with Crippen LogP contribution in [-0.2, 0) is 0 Å². The van der Waals surface area contributed by atoms with Gasteiger partial charge in [0.05, 0.1) is 0 Å². The van der Waals surface area contributed by atoms with Crippen LogP contribution in [0.5, 0.6) is 0 Å². The second-order valence-corrected chi connectivity index (χ2v) is 6.34. The van der Waals surface area contributed by atoms with E-state index in [0.29, 0.717) is 0 Å². The van der Waals surface area contributed by atoms with Gasteiger partial charge in [0, 0.05) is 28.5 Å². The van der Waals surface area contributed by atoms with Crippen molar-refractivity contribution in [1.82, 2.24) is 9.47 Å². The molecule has 3 rings (SSSR count). The number of hydrogen-bond donors (Lipinski definition) is 0. The van der Waals surface area contributed by atoms with Gasteiger partial charge in [-0.3, -0.25) is 4.79 Å². The molecule has 104 valence electrons. The van der Waals surface area contributed by atoms with Crippen molar-refractivity contribution in [1.29, 1.82) is 0 Å². The smallest absolute Gasteiger partial charge is 0.270 e. The molecule has 0 bridgehead atoms. The Kier molecular flexibility index (Phi) is 4.10. The Labute approximate surface area is 132 Å². The van der Waals surface area contributed by atoms with E-state index in [4.69, 9.17) is 0 Å². The van der Waals surface area contributed by atoms with Crippen LogP contribution in [0.2, 0.25) is 0 Å². The first-order chi connectivity index (χ1) is 9.75. The number of halogens is 1. The van der Waals surface area contributed by atoms with E-state index >= 15 is 0 Å². The molecule has 0 unspecified atom stereocenters. The van der Waals surface area contributed by atoms with Gasteiger partial charge in [0.2, 0.25) is 0 Å². The second-order valence-electron chi connectivity index (χ2n) is 5.10. The van der Waals surface area contributed by atoms with Gasteiger partial charge < -0.3 is 9.47 Å². The molecule has 1 aliphatic heterocycles. The lowest BCUT2D eigenvalue weighted by molar-refractivity contribution is 0.0716. The monoisotopic (exact) mass is 380 g/mol. The van der Waals surface area contributed by atoms with Crippen LogP contribution in [0.1, 0.15) is 29.8 Å². The number of carbonyl (C=O) groups excluding carboxylic acids is 1. The molecule has 1 aromatic heterocycles. The maximum atomic E-state index is 12.6. The van der Waals surface area contributed by atoms with Gasteiger partial charge in [-0.2, -0.15) is 0 Å². The summed E-state index contributed by atoms with van der Waals surface area (Å²) in [4.78, 5) is 14.6. The summed E-state index contributed by atoms with van der Waals surface area (Å²) in [5, 5.41) is 0. The SMILES string of the molecule is O=C(c1cccn1-c1cccc(I)c1)N1CCCCC1. The quantitative estimate of drug-likeness (QED) is 0.730. The molecule has 0 aliphatic carbocycles. The third-order valence-electron chi connectivity index (χ3n) is 3.70. The summed E-state index contributed by atoms with van der Waals surface area (Å²) in [7, 11) is 0. The number of benzene rings is 1. The summed E-state index contributed by atoms with van der Waals surface area (Å²) in [6.07, 6.45) is 5.44. The minimum absolute atomic E-state index is 0.147. The Balaban J connectivity index is 1.91. The molecule has 0 radical (unpaired) electrons. The molecule has 1 aromatic carbocycles. The Hall–Kier alpha value is -1.30. The maximum Gasteiger partial charge on any atom is 0.270 e. The maximum absolute atomic E-state index is 12.6. The highest BCUT2D eigenvalue weighted by Gasteiger charge is 2.21. The zero-order valence-corrected chi connectivity index (χ0v) is 13.4. The van der Waals surface area contributed by atoms with Crippen LogP contribution < -0.4 is 0 Å². The van der Waals surface area contributed by atoms with Crippen LogP contribution in [0.25, 0.3) is 5.69 Å². The fraction of sp³-hybridized carbons (Fsp3) is 0.312. The van der Waals surface area contributed by atoms with Crippen LogP contribution in [0.4, 0.5) is 0 Å². The Bertz CT molecular complexity index is 614. The predicted octanol–water partition coefficient (Wildman–Crippen LogP) is 3.71. The minimum Gasteiger partial charge on any atom is -0.337 e. The molecule has 2 heterocycles. The van der Waals surface area contributed by atoms with E-state index in [1.54, 1.807) is 0 Å². The van der Waals surface area contributed by atoms with E-state index in [1.165, 1.54) is 9.99 Å². The van der Waals surface area contributed by atoms with Crippen molar-refractivity contribution in [3.63, 3.8) is 0 Å². The normalized spacial score (nSPS) is 15.3. The van der Waals surface area contributed by atoms with E-state index < -0.39 is 0 Å². The predicted molar refractivity (Wildman–Crippen MR) is 88.2 cm³/mol. The van der Waals surface area contributed by atoms with Crippen molar-refractivity contribution >= 4 is 28.5 Å². The van der Waals surface area contributed by atoms with Crippen LogP contribution >= 0.6 is 22.6 Å². The topological polar surface area (TPSA) is 25.2 Å². The number of amides is 1. The zero-order chi connectivity index (χ0) is 13.9. The van der Waals surface area contributed by atoms with Crippen LogP contribution in [0.3, 0.4) is 0 Å². The van der Waals surface area contributed by atoms with E-state index in [9.17, 15) is 4.79 Å². The van der Waals surface area contributed by atoms with Crippen molar-refractivity contribution in [3.05, 3.63) is 51.9 Å². The fourth-order valence-electron chi connectivity index (χ4n) is 2.67. The lowest BCUT2D eigenvalue weighted by Crippen LogP contribution is -2.36. The molecule has 1 saturated heterocycles. The molecule has 3 nitrogen and oxygen atoms in total. The Morgan fingerprint density at radius 1 is 1.05 bits per heavy atom. The lowest BCUT2D eigenvalue weighted by Gasteiger charge is -2.27. The van der Waals surface area contributed by atoms with Crippen molar-refractivity contribution in [2.75, 3.05) is 13.1 Å². The Morgan fingerprint density at radius 3 is 2.60 bits per heavy atom. The number of nitrogens with zero attached hydrogens (tertiary/aromatic N) is 2. The van der Waals surface area contributed by atoms with Crippen LogP contribution in [0.15, 0.2) is 42.6 Å². The largest absolute Gasteiger partial charge is 0.337 e. The summed E-state index contributed by atoms with van der Waals surface area (Å²) in [6, 6.07) is 12.1. The molecule has 0 atom stereocenters. The van der Waals surface area contributed by atoms with E-state index in [2.05, 4.69) is 34.7 Å². The van der Waals surface area contributed by atoms with Gasteiger partial charge in [0.1, 0.15) is 5.69 Å². The second kappa shape index (κ2) is 5.99. The first-order valence-corrected chi connectivity index (χ1v) is 8.06. The van der Waals surface area contributed by atoms with Crippen molar-refractivity contribution in [3.8, 4) is 5.69 Å². The summed E-state index contributed by atoms with van der Waals surface area (Å²) >= 11 is 2.29. The molecule has 1 amide bonds. The van der Waals surface area contributed by atoms with Gasteiger partial charge in [0.25, 0.3) is 5.91 Å². The van der Waals surface area contributed by atoms with E-state index in [1.807, 2.05) is 39.9 Å². The number of rotatable bonds is 2. The van der Waals surface area contributed by atoms with Gasteiger partial charge in [-0.15, -0.1) is 0 Å². The number of piperidine rings is 1. The minimum atomic E-state index is 0.147. The average molecular weight is 380 g/mol. The van der Waals surface area contributed by atoms with Crippen molar-refractivity contribution in [2.24, 2.45) is 0 Å². The molecule has 0 N–H and O–H groups in total. The Morgan fingerprint density at radius 2 is 1.85 bits per heavy atom. The van der Waals surface area contributed by atoms with Gasteiger partial charge >= 0.3 is 0 Å². The highest BCUT2D eigenvalue weighted by Crippen LogP contribution is 2.19. The van der Waals surface area contributed by atoms with Crippen molar-refractivity contribution in [2.45, 2.75) is 19.3 Å². The lowest BCUT2D eigenvalue weighted by atomic mass is 10.1. The molecule has 1 fully saturated rings. The first-order valence-electron chi connectivity index (χ1n) is 6.98. The summed E-state index contributed by atoms with van der Waals surface area (Å²) in [6.45, 7) is 1.77. The summed E-state index contributed by atoms with van der Waals surface area (Å²) < 4.78 is 3.16. The molecule has 20 heavy (non-hydrogen) atoms. The molecule has 2 aromatic rings.